The van der Waals surface area contributed by atoms with Crippen molar-refractivity contribution < 1.29 is 0 Å². The first-order valence-corrected chi connectivity index (χ1v) is 6.95. The van der Waals surface area contributed by atoms with Crippen LogP contribution in [0.25, 0.3) is 0 Å². The Hall–Kier alpha value is -0.860. The summed E-state index contributed by atoms with van der Waals surface area (Å²) in [5.74, 6) is 0.621. The summed E-state index contributed by atoms with van der Waals surface area (Å²) >= 11 is 0. The van der Waals surface area contributed by atoms with Crippen LogP contribution in [-0.2, 0) is 0 Å². The minimum Gasteiger partial charge on any atom is -0.330 e. The fraction of sp³-hybridized carbons (Fsp3) is 0.625. The fourth-order valence-electron chi connectivity index (χ4n) is 2.10. The van der Waals surface area contributed by atoms with Crippen LogP contribution in [0.4, 0.5) is 0 Å². The largest absolute Gasteiger partial charge is 0.330 e. The van der Waals surface area contributed by atoms with Gasteiger partial charge >= 0.3 is 0 Å². The van der Waals surface area contributed by atoms with Gasteiger partial charge in [0.05, 0.1) is 0 Å². The maximum Gasteiger partial charge on any atom is 0.0300 e. The molecule has 102 valence electrons. The zero-order chi connectivity index (χ0) is 13.8. The van der Waals surface area contributed by atoms with E-state index in [-0.39, 0.29) is 11.5 Å². The molecule has 0 saturated carbocycles. The number of hydrogen-bond acceptors (Lipinski definition) is 2. The molecule has 1 aromatic carbocycles. The Kier molecular flexibility index (Phi) is 5.36. The van der Waals surface area contributed by atoms with Gasteiger partial charge in [0.25, 0.3) is 0 Å². The maximum atomic E-state index is 6.26. The molecule has 0 aliphatic rings. The van der Waals surface area contributed by atoms with Crippen LogP contribution in [0.15, 0.2) is 24.3 Å². The molecule has 1 aromatic rings. The minimum atomic E-state index is 0.0783. The second kappa shape index (κ2) is 6.35. The van der Waals surface area contributed by atoms with Crippen molar-refractivity contribution in [3.05, 3.63) is 35.4 Å². The van der Waals surface area contributed by atoms with Crippen molar-refractivity contribution in [1.29, 1.82) is 0 Å². The molecule has 2 heteroatoms. The van der Waals surface area contributed by atoms with Crippen molar-refractivity contribution in [3.63, 3.8) is 0 Å². The first-order chi connectivity index (χ1) is 8.39. The van der Waals surface area contributed by atoms with Gasteiger partial charge in [0.2, 0.25) is 0 Å². The van der Waals surface area contributed by atoms with Gasteiger partial charge in [0, 0.05) is 6.04 Å². The molecule has 0 aromatic heterocycles. The average Bonchev–Trinajstić information content (AvgIpc) is 2.37. The molecule has 0 aliphatic carbocycles. The van der Waals surface area contributed by atoms with Gasteiger partial charge < -0.3 is 11.5 Å². The van der Waals surface area contributed by atoms with Crippen LogP contribution >= 0.6 is 0 Å². The van der Waals surface area contributed by atoms with Crippen LogP contribution in [0.1, 0.15) is 63.6 Å². The van der Waals surface area contributed by atoms with E-state index in [1.807, 2.05) is 0 Å². The molecule has 0 bridgehead atoms. The Morgan fingerprint density at radius 3 is 2.06 bits per heavy atom. The summed E-state index contributed by atoms with van der Waals surface area (Å²) in [4.78, 5) is 0. The van der Waals surface area contributed by atoms with Crippen LogP contribution < -0.4 is 11.5 Å². The predicted molar refractivity (Wildman–Crippen MR) is 79.5 cm³/mol. The number of nitrogens with two attached hydrogens (primary N) is 2. The van der Waals surface area contributed by atoms with Crippen LogP contribution in [0.5, 0.6) is 0 Å². The molecule has 0 radical (unpaired) electrons. The van der Waals surface area contributed by atoms with E-state index in [9.17, 15) is 0 Å². The summed E-state index contributed by atoms with van der Waals surface area (Å²) in [6, 6.07) is 8.82. The van der Waals surface area contributed by atoms with Gasteiger partial charge in [-0.15, -0.1) is 0 Å². The highest BCUT2D eigenvalue weighted by Gasteiger charge is 2.20. The highest BCUT2D eigenvalue weighted by Crippen LogP contribution is 2.28. The Bertz CT molecular complexity index is 354. The zero-order valence-electron chi connectivity index (χ0n) is 12.2. The van der Waals surface area contributed by atoms with Crippen LogP contribution in [0.2, 0.25) is 0 Å². The average molecular weight is 248 g/mol. The molecule has 1 rings (SSSR count). The third-order valence-corrected chi connectivity index (χ3v) is 3.87. The van der Waals surface area contributed by atoms with Gasteiger partial charge in [-0.1, -0.05) is 52.0 Å². The lowest BCUT2D eigenvalue weighted by Gasteiger charge is -2.26. The van der Waals surface area contributed by atoms with E-state index in [1.54, 1.807) is 0 Å². The van der Waals surface area contributed by atoms with E-state index in [0.29, 0.717) is 12.5 Å². The van der Waals surface area contributed by atoms with E-state index >= 15 is 0 Å². The normalized spacial score (nSPS) is 15.4. The second-order valence-electron chi connectivity index (χ2n) is 6.15. The molecular formula is C16H28N2. The van der Waals surface area contributed by atoms with Gasteiger partial charge in [-0.25, -0.2) is 0 Å². The van der Waals surface area contributed by atoms with Gasteiger partial charge in [-0.05, 0) is 41.8 Å². The second-order valence-corrected chi connectivity index (χ2v) is 6.15. The molecule has 2 unspecified atom stereocenters. The third kappa shape index (κ3) is 4.11. The van der Waals surface area contributed by atoms with E-state index in [2.05, 4.69) is 52.0 Å². The summed E-state index contributed by atoms with van der Waals surface area (Å²) in [6.07, 6.45) is 2.10. The molecule has 2 atom stereocenters. The van der Waals surface area contributed by atoms with Gasteiger partial charge in [0.15, 0.2) is 0 Å². The zero-order valence-corrected chi connectivity index (χ0v) is 12.2. The first kappa shape index (κ1) is 15.2. The fourth-order valence-corrected chi connectivity index (χ4v) is 2.10. The third-order valence-electron chi connectivity index (χ3n) is 3.87. The maximum absolute atomic E-state index is 6.26. The Balaban J connectivity index is 2.73. The van der Waals surface area contributed by atoms with E-state index in [4.69, 9.17) is 11.5 Å². The summed E-state index contributed by atoms with van der Waals surface area (Å²) in [5, 5.41) is 0. The highest BCUT2D eigenvalue weighted by atomic mass is 14.7. The molecule has 18 heavy (non-hydrogen) atoms. The number of rotatable bonds is 6. The molecule has 0 spiro atoms. The molecule has 0 heterocycles. The lowest BCUT2D eigenvalue weighted by atomic mass is 9.83. The predicted octanol–water partition coefficient (Wildman–Crippen LogP) is 3.57. The Morgan fingerprint density at radius 2 is 1.61 bits per heavy atom. The smallest absolute Gasteiger partial charge is 0.0300 e. The van der Waals surface area contributed by atoms with E-state index in [1.165, 1.54) is 17.5 Å². The van der Waals surface area contributed by atoms with Crippen molar-refractivity contribution in [2.75, 3.05) is 6.54 Å². The van der Waals surface area contributed by atoms with Gasteiger partial charge in [-0.2, -0.15) is 0 Å². The molecule has 0 fully saturated rings. The Labute approximate surface area is 112 Å². The molecule has 2 nitrogen and oxygen atoms in total. The number of hydrogen-bond donors (Lipinski definition) is 2. The van der Waals surface area contributed by atoms with Gasteiger partial charge in [0.1, 0.15) is 0 Å². The van der Waals surface area contributed by atoms with Crippen molar-refractivity contribution >= 4 is 0 Å². The summed E-state index contributed by atoms with van der Waals surface area (Å²) in [5.41, 5.74) is 14.7. The van der Waals surface area contributed by atoms with E-state index in [0.717, 1.165) is 6.42 Å². The molecule has 4 N–H and O–H groups in total. The van der Waals surface area contributed by atoms with Crippen LogP contribution in [-0.4, -0.2) is 6.54 Å². The molecule has 0 aliphatic heterocycles. The summed E-state index contributed by atoms with van der Waals surface area (Å²) in [7, 11) is 0. The van der Waals surface area contributed by atoms with Crippen LogP contribution in [0.3, 0.4) is 0 Å². The minimum absolute atomic E-state index is 0.0783. The molecule has 0 amide bonds. The quantitative estimate of drug-likeness (QED) is 0.808. The van der Waals surface area contributed by atoms with Crippen molar-refractivity contribution in [3.8, 4) is 0 Å². The standard InChI is InChI=1S/C16H28N2/c1-5-12(2)13-6-8-14(9-7-13)15(18)10-16(3,4)11-17/h6-9,12,15H,5,10-11,17-18H2,1-4H3. The van der Waals surface area contributed by atoms with E-state index < -0.39 is 0 Å². The Morgan fingerprint density at radius 1 is 1.11 bits per heavy atom. The summed E-state index contributed by atoms with van der Waals surface area (Å²) in [6.45, 7) is 9.48. The van der Waals surface area contributed by atoms with Crippen molar-refractivity contribution in [2.45, 2.75) is 52.5 Å². The van der Waals surface area contributed by atoms with Crippen LogP contribution in [0, 0.1) is 5.41 Å². The number of benzene rings is 1. The lowest BCUT2D eigenvalue weighted by Crippen LogP contribution is -2.28. The summed E-state index contributed by atoms with van der Waals surface area (Å²) < 4.78 is 0. The first-order valence-electron chi connectivity index (χ1n) is 6.95. The SMILES string of the molecule is CCC(C)c1ccc(C(N)CC(C)(C)CN)cc1. The van der Waals surface area contributed by atoms with Crippen molar-refractivity contribution in [1.82, 2.24) is 0 Å². The molecule has 0 saturated heterocycles. The topological polar surface area (TPSA) is 52.0 Å². The van der Waals surface area contributed by atoms with Gasteiger partial charge in [-0.3, -0.25) is 0 Å². The molecular weight excluding hydrogens is 220 g/mol. The monoisotopic (exact) mass is 248 g/mol. The van der Waals surface area contributed by atoms with Crippen molar-refractivity contribution in [2.24, 2.45) is 16.9 Å². The lowest BCUT2D eigenvalue weighted by molar-refractivity contribution is 0.317. The highest BCUT2D eigenvalue weighted by molar-refractivity contribution is 5.27.